The SMILES string of the molecule is CCc1ccccc1-n1ncc(C(=O)O)c1C(F)(F)C(F)(F)F. The van der Waals surface area contributed by atoms with Crippen LogP contribution in [0.1, 0.15) is 28.5 Å². The van der Waals surface area contributed by atoms with Crippen LogP contribution >= 0.6 is 0 Å². The zero-order valence-corrected chi connectivity index (χ0v) is 11.7. The smallest absolute Gasteiger partial charge is 0.459 e. The Bertz CT molecular complexity index is 737. The van der Waals surface area contributed by atoms with Crippen LogP contribution in [0.3, 0.4) is 0 Å². The molecule has 0 unspecified atom stereocenters. The van der Waals surface area contributed by atoms with Crippen LogP contribution in [0.15, 0.2) is 30.5 Å². The first-order valence-electron chi connectivity index (χ1n) is 6.45. The zero-order chi connectivity index (χ0) is 17.4. The minimum Gasteiger partial charge on any atom is -0.478 e. The Hall–Kier alpha value is -2.45. The van der Waals surface area contributed by atoms with Crippen molar-refractivity contribution in [3.63, 3.8) is 0 Å². The van der Waals surface area contributed by atoms with Crippen molar-refractivity contribution < 1.29 is 31.9 Å². The molecule has 1 aromatic heterocycles. The highest BCUT2D eigenvalue weighted by Gasteiger charge is 2.62. The standard InChI is InChI=1S/C14H11F5N2O2/c1-2-8-5-3-4-6-10(8)21-11(9(7-20-21)12(22)23)13(15,16)14(17,18)19/h3-7H,2H2,1H3,(H,22,23). The minimum absolute atomic E-state index is 0.0265. The van der Waals surface area contributed by atoms with Gasteiger partial charge in [-0.3, -0.25) is 0 Å². The van der Waals surface area contributed by atoms with Crippen LogP contribution in [0, 0.1) is 0 Å². The van der Waals surface area contributed by atoms with Gasteiger partial charge in [0.05, 0.1) is 11.9 Å². The number of carboxylic acids is 1. The van der Waals surface area contributed by atoms with E-state index in [0.717, 1.165) is 0 Å². The molecule has 0 saturated carbocycles. The number of hydrogen-bond donors (Lipinski definition) is 1. The number of nitrogens with zero attached hydrogens (tertiary/aromatic N) is 2. The monoisotopic (exact) mass is 334 g/mol. The van der Waals surface area contributed by atoms with Crippen LogP contribution in [-0.4, -0.2) is 27.0 Å². The molecule has 1 heterocycles. The number of aromatic carboxylic acids is 1. The lowest BCUT2D eigenvalue weighted by Crippen LogP contribution is -2.37. The summed E-state index contributed by atoms with van der Waals surface area (Å²) in [6.45, 7) is 1.68. The number of carbonyl (C=O) groups is 1. The predicted octanol–water partition coefficient (Wildman–Crippen LogP) is 3.79. The lowest BCUT2D eigenvalue weighted by molar-refractivity contribution is -0.291. The molecule has 2 aromatic rings. The van der Waals surface area contributed by atoms with Crippen LogP contribution in [-0.2, 0) is 12.3 Å². The van der Waals surface area contributed by atoms with Crippen molar-refractivity contribution in [2.75, 3.05) is 0 Å². The molecule has 0 atom stereocenters. The summed E-state index contributed by atoms with van der Waals surface area (Å²) in [6.07, 6.45) is -5.12. The topological polar surface area (TPSA) is 55.1 Å². The Morgan fingerprint density at radius 2 is 1.83 bits per heavy atom. The molecule has 0 fully saturated rings. The van der Waals surface area contributed by atoms with Crippen molar-refractivity contribution in [3.05, 3.63) is 47.3 Å². The van der Waals surface area contributed by atoms with Gasteiger partial charge < -0.3 is 5.11 Å². The van der Waals surface area contributed by atoms with E-state index in [1.54, 1.807) is 13.0 Å². The van der Waals surface area contributed by atoms with Gasteiger partial charge in [0.25, 0.3) is 0 Å². The Labute approximate surface area is 127 Å². The van der Waals surface area contributed by atoms with Gasteiger partial charge in [-0.15, -0.1) is 0 Å². The second-order valence-corrected chi connectivity index (χ2v) is 4.68. The summed E-state index contributed by atoms with van der Waals surface area (Å²) in [5, 5.41) is 12.4. The molecule has 124 valence electrons. The molecule has 0 aliphatic heterocycles. The zero-order valence-electron chi connectivity index (χ0n) is 11.7. The number of halogens is 5. The van der Waals surface area contributed by atoms with Crippen molar-refractivity contribution in [1.29, 1.82) is 0 Å². The van der Waals surface area contributed by atoms with Crippen molar-refractivity contribution in [1.82, 2.24) is 9.78 Å². The third-order valence-electron chi connectivity index (χ3n) is 3.25. The molecule has 9 heteroatoms. The molecule has 0 aliphatic carbocycles. The van der Waals surface area contributed by atoms with Crippen LogP contribution in [0.2, 0.25) is 0 Å². The van der Waals surface area contributed by atoms with E-state index < -0.39 is 29.3 Å². The van der Waals surface area contributed by atoms with Gasteiger partial charge in [-0.05, 0) is 18.1 Å². The fraction of sp³-hybridized carbons (Fsp3) is 0.286. The van der Waals surface area contributed by atoms with Gasteiger partial charge >= 0.3 is 18.1 Å². The summed E-state index contributed by atoms with van der Waals surface area (Å²) in [7, 11) is 0. The number of carboxylic acid groups (broad SMARTS) is 1. The largest absolute Gasteiger partial charge is 0.478 e. The number of aromatic nitrogens is 2. The summed E-state index contributed by atoms with van der Waals surface area (Å²) < 4.78 is 66.2. The fourth-order valence-corrected chi connectivity index (χ4v) is 2.14. The highest BCUT2D eigenvalue weighted by molar-refractivity contribution is 5.89. The number of aryl methyl sites for hydroxylation is 1. The molecule has 0 radical (unpaired) electrons. The van der Waals surface area contributed by atoms with Gasteiger partial charge in [-0.1, -0.05) is 25.1 Å². The van der Waals surface area contributed by atoms with E-state index >= 15 is 0 Å². The van der Waals surface area contributed by atoms with Gasteiger partial charge in [0.15, 0.2) is 0 Å². The normalized spacial score (nSPS) is 12.4. The fourth-order valence-electron chi connectivity index (χ4n) is 2.14. The molecular weight excluding hydrogens is 323 g/mol. The average molecular weight is 334 g/mol. The molecule has 0 bridgehead atoms. The molecule has 0 amide bonds. The van der Waals surface area contributed by atoms with E-state index in [1.807, 2.05) is 0 Å². The molecule has 0 spiro atoms. The van der Waals surface area contributed by atoms with Crippen molar-refractivity contribution in [3.8, 4) is 5.69 Å². The summed E-state index contributed by atoms with van der Waals surface area (Å²) in [6, 6.07) is 5.86. The Morgan fingerprint density at radius 1 is 1.22 bits per heavy atom. The van der Waals surface area contributed by atoms with Gasteiger partial charge in [0, 0.05) is 0 Å². The van der Waals surface area contributed by atoms with Crippen molar-refractivity contribution in [2.45, 2.75) is 25.4 Å². The predicted molar refractivity (Wildman–Crippen MR) is 69.9 cm³/mol. The van der Waals surface area contributed by atoms with E-state index in [2.05, 4.69) is 5.10 Å². The lowest BCUT2D eigenvalue weighted by atomic mass is 10.1. The van der Waals surface area contributed by atoms with E-state index in [-0.39, 0.29) is 5.69 Å². The van der Waals surface area contributed by atoms with Crippen LogP contribution in [0.25, 0.3) is 5.69 Å². The summed E-state index contributed by atoms with van der Waals surface area (Å²) in [5.41, 5.74) is -2.48. The summed E-state index contributed by atoms with van der Waals surface area (Å²) in [5.74, 6) is -7.28. The number of para-hydroxylation sites is 1. The minimum atomic E-state index is -5.95. The van der Waals surface area contributed by atoms with E-state index in [9.17, 15) is 26.7 Å². The number of rotatable bonds is 4. The highest BCUT2D eigenvalue weighted by Crippen LogP contribution is 2.45. The first-order chi connectivity index (χ1) is 10.6. The summed E-state index contributed by atoms with van der Waals surface area (Å²) >= 11 is 0. The van der Waals surface area contributed by atoms with Gasteiger partial charge in [-0.25, -0.2) is 9.48 Å². The molecule has 1 aromatic carbocycles. The van der Waals surface area contributed by atoms with Crippen molar-refractivity contribution >= 4 is 5.97 Å². The third-order valence-corrected chi connectivity index (χ3v) is 3.25. The molecule has 1 N–H and O–H groups in total. The maximum Gasteiger partial charge on any atom is 0.459 e. The Kier molecular flexibility index (Phi) is 4.14. The van der Waals surface area contributed by atoms with Crippen LogP contribution in [0.5, 0.6) is 0 Å². The first-order valence-corrected chi connectivity index (χ1v) is 6.45. The van der Waals surface area contributed by atoms with Gasteiger partial charge in [0.2, 0.25) is 0 Å². The molecular formula is C14H11F5N2O2. The maximum absolute atomic E-state index is 13.8. The molecule has 2 rings (SSSR count). The Balaban J connectivity index is 2.80. The van der Waals surface area contributed by atoms with Crippen LogP contribution < -0.4 is 0 Å². The van der Waals surface area contributed by atoms with Crippen molar-refractivity contribution in [2.24, 2.45) is 0 Å². The number of hydrogen-bond acceptors (Lipinski definition) is 2. The van der Waals surface area contributed by atoms with E-state index in [4.69, 9.17) is 5.11 Å². The van der Waals surface area contributed by atoms with Gasteiger partial charge in [0.1, 0.15) is 11.3 Å². The van der Waals surface area contributed by atoms with Gasteiger partial charge in [-0.2, -0.15) is 27.1 Å². The number of alkyl halides is 5. The third kappa shape index (κ3) is 2.78. The number of benzene rings is 1. The summed E-state index contributed by atoms with van der Waals surface area (Å²) in [4.78, 5) is 11.0. The Morgan fingerprint density at radius 3 is 2.35 bits per heavy atom. The second kappa shape index (κ2) is 5.64. The quantitative estimate of drug-likeness (QED) is 0.866. The molecule has 0 aliphatic rings. The highest BCUT2D eigenvalue weighted by atomic mass is 19.4. The first kappa shape index (κ1) is 16.9. The lowest BCUT2D eigenvalue weighted by Gasteiger charge is -2.22. The van der Waals surface area contributed by atoms with Crippen LogP contribution in [0.4, 0.5) is 22.0 Å². The van der Waals surface area contributed by atoms with E-state index in [1.165, 1.54) is 18.2 Å². The van der Waals surface area contributed by atoms with E-state index in [0.29, 0.717) is 22.9 Å². The molecule has 23 heavy (non-hydrogen) atoms. The second-order valence-electron chi connectivity index (χ2n) is 4.68. The molecule has 0 saturated heterocycles. The average Bonchev–Trinajstić information content (AvgIpc) is 2.91. The maximum atomic E-state index is 13.8. The molecule has 4 nitrogen and oxygen atoms in total.